The number of ether oxygens (including phenoxy) is 1. The number of benzene rings is 2. The molecule has 0 bridgehead atoms. The second-order valence-corrected chi connectivity index (χ2v) is 7.15. The van der Waals surface area contributed by atoms with Crippen molar-refractivity contribution in [2.45, 2.75) is 33.6 Å². The molecule has 3 nitrogen and oxygen atoms in total. The molecule has 0 spiro atoms. The van der Waals surface area contributed by atoms with Gasteiger partial charge in [-0.15, -0.1) is 0 Å². The van der Waals surface area contributed by atoms with Gasteiger partial charge < -0.3 is 10.1 Å². The van der Waals surface area contributed by atoms with Crippen molar-refractivity contribution >= 4 is 5.84 Å². The molecule has 0 radical (unpaired) electrons. The fourth-order valence-corrected chi connectivity index (χ4v) is 3.22. The number of amidine groups is 1. The van der Waals surface area contributed by atoms with Gasteiger partial charge >= 0.3 is 0 Å². The fraction of sp³-hybridized carbons (Fsp3) is 0.348. The number of methoxy groups -OCH3 is 1. The van der Waals surface area contributed by atoms with Crippen LogP contribution in [0.5, 0.6) is 5.75 Å². The van der Waals surface area contributed by atoms with E-state index >= 15 is 0 Å². The number of nitrogens with one attached hydrogen (secondary N) is 1. The predicted molar refractivity (Wildman–Crippen MR) is 111 cm³/mol. The molecule has 26 heavy (non-hydrogen) atoms. The first-order chi connectivity index (χ1) is 12.5. The van der Waals surface area contributed by atoms with E-state index in [4.69, 9.17) is 9.73 Å². The van der Waals surface area contributed by atoms with E-state index in [1.807, 2.05) is 32.2 Å². The summed E-state index contributed by atoms with van der Waals surface area (Å²) in [4.78, 5) is 4.77. The Bertz CT molecular complexity index is 748. The predicted octanol–water partition coefficient (Wildman–Crippen LogP) is 5.39. The van der Waals surface area contributed by atoms with Gasteiger partial charge in [-0.05, 0) is 48.7 Å². The third-order valence-corrected chi connectivity index (χ3v) is 4.52. The molecule has 3 heteroatoms. The standard InChI is InChI=1S/C23H30N2O/c1-6-15-24-18(2)25-17-23(3,4)22(19-11-8-7-9-12-19)20-13-10-14-21(16-20)26-5/h6-16,22H,17H2,1-5H3,(H,24,25)/b15-6-. The molecule has 1 N–H and O–H groups in total. The summed E-state index contributed by atoms with van der Waals surface area (Å²) in [5, 5.41) is 3.19. The van der Waals surface area contributed by atoms with E-state index in [2.05, 4.69) is 67.7 Å². The summed E-state index contributed by atoms with van der Waals surface area (Å²) < 4.78 is 5.45. The van der Waals surface area contributed by atoms with Crippen LogP contribution in [-0.2, 0) is 0 Å². The largest absolute Gasteiger partial charge is 0.497 e. The zero-order valence-corrected chi connectivity index (χ0v) is 16.5. The van der Waals surface area contributed by atoms with Crippen LogP contribution in [0.4, 0.5) is 0 Å². The molecule has 2 rings (SSSR count). The highest BCUT2D eigenvalue weighted by molar-refractivity contribution is 5.80. The highest BCUT2D eigenvalue weighted by Gasteiger charge is 2.32. The maximum Gasteiger partial charge on any atom is 0.119 e. The average molecular weight is 351 g/mol. The number of hydrogen-bond acceptors (Lipinski definition) is 2. The van der Waals surface area contributed by atoms with Crippen molar-refractivity contribution in [2.75, 3.05) is 13.7 Å². The van der Waals surface area contributed by atoms with Crippen molar-refractivity contribution in [1.29, 1.82) is 0 Å². The summed E-state index contributed by atoms with van der Waals surface area (Å²) in [6, 6.07) is 19.0. The van der Waals surface area contributed by atoms with E-state index < -0.39 is 0 Å². The molecule has 138 valence electrons. The molecule has 0 aliphatic heterocycles. The average Bonchev–Trinajstić information content (AvgIpc) is 2.66. The lowest BCUT2D eigenvalue weighted by atomic mass is 9.71. The molecular weight excluding hydrogens is 320 g/mol. The van der Waals surface area contributed by atoms with Crippen molar-refractivity contribution in [3.63, 3.8) is 0 Å². The monoisotopic (exact) mass is 350 g/mol. The van der Waals surface area contributed by atoms with Crippen molar-refractivity contribution < 1.29 is 4.74 Å². The number of rotatable bonds is 7. The molecule has 0 aliphatic carbocycles. The Balaban J connectivity index is 2.39. The van der Waals surface area contributed by atoms with Gasteiger partial charge in [-0.25, -0.2) is 0 Å². The molecule has 1 unspecified atom stereocenters. The fourth-order valence-electron chi connectivity index (χ4n) is 3.22. The van der Waals surface area contributed by atoms with Crippen LogP contribution in [-0.4, -0.2) is 19.5 Å². The Morgan fingerprint density at radius 1 is 1.12 bits per heavy atom. The van der Waals surface area contributed by atoms with Crippen LogP contribution in [0, 0.1) is 5.41 Å². The van der Waals surface area contributed by atoms with E-state index in [1.54, 1.807) is 7.11 Å². The van der Waals surface area contributed by atoms with E-state index in [0.717, 1.165) is 18.1 Å². The Hall–Kier alpha value is -2.55. The third-order valence-electron chi connectivity index (χ3n) is 4.52. The number of nitrogens with zero attached hydrogens (tertiary/aromatic N) is 1. The van der Waals surface area contributed by atoms with E-state index in [1.165, 1.54) is 11.1 Å². The first-order valence-corrected chi connectivity index (χ1v) is 9.05. The Kier molecular flexibility index (Phi) is 7.02. The molecule has 2 aromatic carbocycles. The highest BCUT2D eigenvalue weighted by Crippen LogP contribution is 2.42. The summed E-state index contributed by atoms with van der Waals surface area (Å²) in [6.45, 7) is 9.25. The lowest BCUT2D eigenvalue weighted by Crippen LogP contribution is -2.28. The van der Waals surface area contributed by atoms with Crippen LogP contribution in [0.3, 0.4) is 0 Å². The topological polar surface area (TPSA) is 33.6 Å². The summed E-state index contributed by atoms with van der Waals surface area (Å²) >= 11 is 0. The second-order valence-electron chi connectivity index (χ2n) is 7.15. The molecule has 2 aromatic rings. The Morgan fingerprint density at radius 2 is 1.81 bits per heavy atom. The first kappa shape index (κ1) is 19.8. The van der Waals surface area contributed by atoms with Crippen molar-refractivity contribution in [1.82, 2.24) is 5.32 Å². The number of allylic oxidation sites excluding steroid dienone is 1. The van der Waals surface area contributed by atoms with Gasteiger partial charge in [0.2, 0.25) is 0 Å². The van der Waals surface area contributed by atoms with Gasteiger partial charge in [-0.3, -0.25) is 4.99 Å². The SMILES string of the molecule is C/C=C\NC(C)=NCC(C)(C)C(c1ccccc1)c1cccc(OC)c1. The Labute approximate surface area is 157 Å². The summed E-state index contributed by atoms with van der Waals surface area (Å²) in [7, 11) is 1.71. The smallest absolute Gasteiger partial charge is 0.119 e. The van der Waals surface area contributed by atoms with E-state index in [9.17, 15) is 0 Å². The molecule has 0 fully saturated rings. The van der Waals surface area contributed by atoms with Gasteiger partial charge in [-0.2, -0.15) is 0 Å². The van der Waals surface area contributed by atoms with Gasteiger partial charge in [0.1, 0.15) is 5.75 Å². The summed E-state index contributed by atoms with van der Waals surface area (Å²) in [5.74, 6) is 2.03. The quantitative estimate of drug-likeness (QED) is 0.536. The number of aliphatic imine (C=N–C) groups is 1. The zero-order valence-electron chi connectivity index (χ0n) is 16.5. The van der Waals surface area contributed by atoms with Gasteiger partial charge in [0.25, 0.3) is 0 Å². The van der Waals surface area contributed by atoms with E-state index in [0.29, 0.717) is 0 Å². The van der Waals surface area contributed by atoms with E-state index in [-0.39, 0.29) is 11.3 Å². The minimum atomic E-state index is -0.0629. The summed E-state index contributed by atoms with van der Waals surface area (Å²) in [6.07, 6.45) is 3.87. The lowest BCUT2D eigenvalue weighted by Gasteiger charge is -2.34. The third kappa shape index (κ3) is 5.22. The maximum atomic E-state index is 5.45. The van der Waals surface area contributed by atoms with Gasteiger partial charge in [-0.1, -0.05) is 62.4 Å². The molecule has 0 amide bonds. The zero-order chi connectivity index (χ0) is 19.0. The minimum absolute atomic E-state index is 0.0629. The highest BCUT2D eigenvalue weighted by atomic mass is 16.5. The molecular formula is C23H30N2O. The first-order valence-electron chi connectivity index (χ1n) is 9.05. The molecule has 0 saturated carbocycles. The minimum Gasteiger partial charge on any atom is -0.497 e. The molecule has 0 aromatic heterocycles. The second kappa shape index (κ2) is 9.23. The normalized spacial score (nSPS) is 13.7. The molecule has 0 saturated heterocycles. The Morgan fingerprint density at radius 3 is 2.46 bits per heavy atom. The van der Waals surface area contributed by atoms with Gasteiger partial charge in [0.05, 0.1) is 12.9 Å². The van der Waals surface area contributed by atoms with Crippen LogP contribution in [0.25, 0.3) is 0 Å². The lowest BCUT2D eigenvalue weighted by molar-refractivity contribution is 0.329. The van der Waals surface area contributed by atoms with Crippen LogP contribution in [0.1, 0.15) is 44.7 Å². The van der Waals surface area contributed by atoms with Crippen LogP contribution in [0.15, 0.2) is 71.9 Å². The van der Waals surface area contributed by atoms with Crippen molar-refractivity contribution in [2.24, 2.45) is 10.4 Å². The van der Waals surface area contributed by atoms with Gasteiger partial charge in [0, 0.05) is 12.5 Å². The van der Waals surface area contributed by atoms with Gasteiger partial charge in [0.15, 0.2) is 0 Å². The summed E-state index contributed by atoms with van der Waals surface area (Å²) in [5.41, 5.74) is 2.47. The molecule has 1 atom stereocenters. The van der Waals surface area contributed by atoms with Crippen LogP contribution < -0.4 is 10.1 Å². The molecule has 0 aliphatic rings. The maximum absolute atomic E-state index is 5.45. The van der Waals surface area contributed by atoms with Crippen LogP contribution >= 0.6 is 0 Å². The van der Waals surface area contributed by atoms with Crippen LogP contribution in [0.2, 0.25) is 0 Å². The van der Waals surface area contributed by atoms with Crippen molar-refractivity contribution in [3.05, 3.63) is 78.0 Å². The number of hydrogen-bond donors (Lipinski definition) is 1. The molecule has 0 heterocycles. The van der Waals surface area contributed by atoms with Crippen molar-refractivity contribution in [3.8, 4) is 5.75 Å².